The lowest BCUT2D eigenvalue weighted by Gasteiger charge is -2.16. The van der Waals surface area contributed by atoms with Crippen molar-refractivity contribution in [2.45, 2.75) is 36.3 Å². The van der Waals surface area contributed by atoms with E-state index in [1.54, 1.807) is 0 Å². The van der Waals surface area contributed by atoms with Crippen LogP contribution in [-0.4, -0.2) is 31.6 Å². The molecule has 1 unspecified atom stereocenters. The van der Waals surface area contributed by atoms with E-state index >= 15 is 0 Å². The van der Waals surface area contributed by atoms with Crippen LogP contribution in [0.25, 0.3) is 0 Å². The molecule has 198 valence electrons. The Hall–Kier alpha value is -4.19. The zero-order valence-corrected chi connectivity index (χ0v) is 20.4. The van der Waals surface area contributed by atoms with E-state index in [9.17, 15) is 36.2 Å². The summed E-state index contributed by atoms with van der Waals surface area (Å²) in [5.74, 6) is -6.18. The number of nitrogens with one attached hydrogen (secondary N) is 2. The number of nitrogens with zero attached hydrogens (tertiary/aromatic N) is 4. The molecule has 0 aliphatic heterocycles. The number of anilines is 1. The van der Waals surface area contributed by atoms with Crippen molar-refractivity contribution in [2.24, 2.45) is 0 Å². The SMILES string of the molecule is Cc1c(C(F)(F)F)nnc(Oc2ncc(C3(C#N)CC3)c(F)c2F)c1C(=O)Nc1cccc(S(C)(=N)=O)c1. The number of alkyl halides is 3. The minimum Gasteiger partial charge on any atom is -0.415 e. The Labute approximate surface area is 212 Å². The second-order valence-electron chi connectivity index (χ2n) is 8.58. The third-order valence-electron chi connectivity index (χ3n) is 5.82. The van der Waals surface area contributed by atoms with E-state index < -0.39 is 67.4 Å². The summed E-state index contributed by atoms with van der Waals surface area (Å²) < 4.78 is 94.9. The third kappa shape index (κ3) is 4.99. The second-order valence-corrected chi connectivity index (χ2v) is 10.7. The van der Waals surface area contributed by atoms with Gasteiger partial charge in [-0.05, 0) is 43.5 Å². The topological polar surface area (TPSA) is 142 Å². The summed E-state index contributed by atoms with van der Waals surface area (Å²) in [7, 11) is -3.18. The van der Waals surface area contributed by atoms with Crippen LogP contribution in [-0.2, 0) is 21.3 Å². The fourth-order valence-electron chi connectivity index (χ4n) is 3.63. The van der Waals surface area contributed by atoms with Crippen molar-refractivity contribution in [3.8, 4) is 17.8 Å². The van der Waals surface area contributed by atoms with Gasteiger partial charge in [-0.15, -0.1) is 10.2 Å². The van der Waals surface area contributed by atoms with E-state index in [0.717, 1.165) is 19.4 Å². The molecular weight excluding hydrogens is 535 g/mol. The highest BCUT2D eigenvalue weighted by atomic mass is 32.2. The molecule has 1 saturated carbocycles. The molecule has 38 heavy (non-hydrogen) atoms. The van der Waals surface area contributed by atoms with Gasteiger partial charge in [0.05, 0.1) is 21.2 Å². The fraction of sp³-hybridized carbons (Fsp3) is 0.261. The minimum atomic E-state index is -5.02. The zero-order chi connectivity index (χ0) is 28.0. The average molecular weight is 552 g/mol. The summed E-state index contributed by atoms with van der Waals surface area (Å²) in [6.45, 7) is 0.912. The number of hydrogen-bond acceptors (Lipinski definition) is 8. The first-order chi connectivity index (χ1) is 17.7. The van der Waals surface area contributed by atoms with E-state index in [0.29, 0.717) is 12.8 Å². The minimum absolute atomic E-state index is 0.0176. The number of aromatic nitrogens is 3. The number of carbonyl (C=O) groups is 1. The molecule has 9 nitrogen and oxygen atoms in total. The molecule has 2 N–H and O–H groups in total. The first kappa shape index (κ1) is 26.9. The third-order valence-corrected chi connectivity index (χ3v) is 6.98. The van der Waals surface area contributed by atoms with Gasteiger partial charge in [-0.25, -0.2) is 18.4 Å². The van der Waals surface area contributed by atoms with Gasteiger partial charge in [0.15, 0.2) is 11.5 Å². The summed E-state index contributed by atoms with van der Waals surface area (Å²) in [6, 6.07) is 7.16. The first-order valence-corrected chi connectivity index (χ1v) is 12.7. The Morgan fingerprint density at radius 3 is 2.47 bits per heavy atom. The second kappa shape index (κ2) is 9.28. The van der Waals surface area contributed by atoms with Crippen molar-refractivity contribution in [3.05, 3.63) is 64.5 Å². The molecule has 1 amide bonds. The van der Waals surface area contributed by atoms with E-state index in [2.05, 4.69) is 20.5 Å². The Morgan fingerprint density at radius 2 is 1.89 bits per heavy atom. The average Bonchev–Trinajstić information content (AvgIpc) is 3.62. The van der Waals surface area contributed by atoms with Crippen LogP contribution in [0.1, 0.15) is 40.0 Å². The van der Waals surface area contributed by atoms with Crippen LogP contribution in [0.5, 0.6) is 11.8 Å². The van der Waals surface area contributed by atoms with Gasteiger partial charge in [0.25, 0.3) is 17.7 Å². The number of amides is 1. The molecule has 0 spiro atoms. The number of nitriles is 1. The number of benzene rings is 1. The van der Waals surface area contributed by atoms with Gasteiger partial charge in [-0.2, -0.15) is 22.8 Å². The molecule has 4 rings (SSSR count). The zero-order valence-electron chi connectivity index (χ0n) is 19.6. The van der Waals surface area contributed by atoms with Crippen molar-refractivity contribution in [3.63, 3.8) is 0 Å². The lowest BCUT2D eigenvalue weighted by atomic mass is 9.99. The largest absolute Gasteiger partial charge is 0.435 e. The van der Waals surface area contributed by atoms with Crippen LogP contribution in [0.4, 0.5) is 27.6 Å². The van der Waals surface area contributed by atoms with E-state index in [4.69, 9.17) is 9.52 Å². The predicted molar refractivity (Wildman–Crippen MR) is 122 cm³/mol. The molecule has 1 aromatic carbocycles. The highest BCUT2D eigenvalue weighted by molar-refractivity contribution is 7.91. The summed E-state index contributed by atoms with van der Waals surface area (Å²) in [6.07, 6.45) is -2.41. The van der Waals surface area contributed by atoms with Crippen molar-refractivity contribution in [2.75, 3.05) is 11.6 Å². The van der Waals surface area contributed by atoms with Crippen LogP contribution in [0.3, 0.4) is 0 Å². The number of ether oxygens (including phenoxy) is 1. The number of halogens is 5. The number of carbonyl (C=O) groups excluding carboxylic acids is 1. The molecule has 3 aromatic rings. The number of rotatable bonds is 6. The summed E-state index contributed by atoms with van der Waals surface area (Å²) in [4.78, 5) is 16.8. The fourth-order valence-corrected chi connectivity index (χ4v) is 4.32. The summed E-state index contributed by atoms with van der Waals surface area (Å²) >= 11 is 0. The normalized spacial score (nSPS) is 15.7. The number of hydrogen-bond donors (Lipinski definition) is 2. The standard InChI is InChI=1S/C23H17F5N6O3S/c1-11-15(19(35)32-12-4-3-5-13(8-12)38(2,30)36)20(34-33-18(11)23(26,27)28)37-21-17(25)16(24)14(9-31-21)22(10-29)6-7-22/h3-5,8-9,30H,6-7H2,1-2H3,(H,32,35). The highest BCUT2D eigenvalue weighted by Crippen LogP contribution is 2.49. The molecule has 0 bridgehead atoms. The smallest absolute Gasteiger partial charge is 0.415 e. The Kier molecular flexibility index (Phi) is 6.56. The Bertz CT molecular complexity index is 1610. The molecule has 15 heteroatoms. The van der Waals surface area contributed by atoms with Crippen molar-refractivity contribution in [1.82, 2.24) is 15.2 Å². The van der Waals surface area contributed by atoms with E-state index in [-0.39, 0.29) is 16.1 Å². The Balaban J connectivity index is 1.77. The van der Waals surface area contributed by atoms with Crippen LogP contribution in [0, 0.1) is 34.7 Å². The van der Waals surface area contributed by atoms with Crippen LogP contribution < -0.4 is 10.1 Å². The molecule has 2 aromatic heterocycles. The van der Waals surface area contributed by atoms with Gasteiger partial charge in [-0.3, -0.25) is 4.79 Å². The molecular formula is C23H17F5N6O3S. The first-order valence-electron chi connectivity index (χ1n) is 10.7. The lowest BCUT2D eigenvalue weighted by Crippen LogP contribution is -2.21. The van der Waals surface area contributed by atoms with E-state index in [1.807, 2.05) is 6.07 Å². The maximum Gasteiger partial charge on any atom is 0.435 e. The van der Waals surface area contributed by atoms with Gasteiger partial charge in [0.2, 0.25) is 5.82 Å². The van der Waals surface area contributed by atoms with Crippen molar-refractivity contribution >= 4 is 21.3 Å². The maximum atomic E-state index is 14.8. The van der Waals surface area contributed by atoms with E-state index in [1.165, 1.54) is 24.3 Å². The van der Waals surface area contributed by atoms with Crippen molar-refractivity contribution < 1.29 is 35.7 Å². The van der Waals surface area contributed by atoms with Gasteiger partial charge in [0.1, 0.15) is 5.56 Å². The molecule has 1 fully saturated rings. The van der Waals surface area contributed by atoms with Crippen LogP contribution in [0.15, 0.2) is 35.4 Å². The van der Waals surface area contributed by atoms with Gasteiger partial charge >= 0.3 is 6.18 Å². The maximum absolute atomic E-state index is 14.8. The highest BCUT2D eigenvalue weighted by Gasteiger charge is 2.48. The molecule has 0 radical (unpaired) electrons. The summed E-state index contributed by atoms with van der Waals surface area (Å²) in [5, 5.41) is 17.9. The van der Waals surface area contributed by atoms with Crippen molar-refractivity contribution in [1.29, 1.82) is 10.0 Å². The molecule has 1 aliphatic carbocycles. The monoisotopic (exact) mass is 552 g/mol. The molecule has 0 saturated heterocycles. The molecule has 1 aliphatic rings. The van der Waals surface area contributed by atoms with Gasteiger partial charge < -0.3 is 10.1 Å². The van der Waals surface area contributed by atoms with Crippen LogP contribution in [0.2, 0.25) is 0 Å². The van der Waals surface area contributed by atoms with Gasteiger partial charge in [0, 0.05) is 28.6 Å². The molecule has 2 heterocycles. The Morgan fingerprint density at radius 1 is 1.21 bits per heavy atom. The number of pyridine rings is 1. The lowest BCUT2D eigenvalue weighted by molar-refractivity contribution is -0.142. The van der Waals surface area contributed by atoms with Gasteiger partial charge in [-0.1, -0.05) is 6.07 Å². The quantitative estimate of drug-likeness (QED) is 0.405. The van der Waals surface area contributed by atoms with Crippen LogP contribution >= 0.6 is 0 Å². The molecule has 1 atom stereocenters. The summed E-state index contributed by atoms with van der Waals surface area (Å²) in [5.41, 5.74) is -4.58. The predicted octanol–water partition coefficient (Wildman–Crippen LogP) is 5.11.